The zero-order valence-electron chi connectivity index (χ0n) is 15.5. The van der Waals surface area contributed by atoms with Crippen molar-refractivity contribution in [2.45, 2.75) is 13.5 Å². The highest BCUT2D eigenvalue weighted by molar-refractivity contribution is 6.22. The maximum absolute atomic E-state index is 12.7. The third-order valence-electron chi connectivity index (χ3n) is 4.72. The molecule has 0 radical (unpaired) electrons. The Morgan fingerprint density at radius 3 is 2.61 bits per heavy atom. The average Bonchev–Trinajstić information content (AvgIpc) is 3.20. The first-order chi connectivity index (χ1) is 13.4. The van der Waals surface area contributed by atoms with E-state index in [1.165, 1.54) is 19.2 Å². The molecule has 3 aromatic rings. The van der Waals surface area contributed by atoms with E-state index in [-0.39, 0.29) is 17.4 Å². The van der Waals surface area contributed by atoms with E-state index in [2.05, 4.69) is 16.5 Å². The summed E-state index contributed by atoms with van der Waals surface area (Å²) in [7, 11) is 1.42. The van der Waals surface area contributed by atoms with Gasteiger partial charge in [-0.1, -0.05) is 29.8 Å². The van der Waals surface area contributed by atoms with Crippen LogP contribution in [0.3, 0.4) is 0 Å². The summed E-state index contributed by atoms with van der Waals surface area (Å²) in [6.45, 7) is 2.54. The Labute approximate surface area is 161 Å². The van der Waals surface area contributed by atoms with Crippen molar-refractivity contribution in [2.24, 2.45) is 0 Å². The quantitative estimate of drug-likeness (QED) is 0.712. The number of amides is 3. The molecule has 1 aromatic heterocycles. The zero-order valence-corrected chi connectivity index (χ0v) is 15.5. The van der Waals surface area contributed by atoms with Crippen LogP contribution in [0.25, 0.3) is 0 Å². The second-order valence-corrected chi connectivity index (χ2v) is 6.75. The monoisotopic (exact) mass is 374 g/mol. The van der Waals surface area contributed by atoms with Gasteiger partial charge in [0.1, 0.15) is 5.82 Å². The highest BCUT2D eigenvalue weighted by Crippen LogP contribution is 2.23. The standard InChI is InChI=1S/C21H18N4O3/c1-13-4-3-5-14(10-13)12-25-18(8-9-22-25)23-19(26)15-6-7-16-17(11-15)21(28)24(2)20(16)27/h3-11H,12H2,1-2H3,(H,23,26). The summed E-state index contributed by atoms with van der Waals surface area (Å²) < 4.78 is 1.70. The molecule has 0 spiro atoms. The number of imide groups is 1. The predicted octanol–water partition coefficient (Wildman–Crippen LogP) is 2.72. The van der Waals surface area contributed by atoms with Crippen LogP contribution in [0.5, 0.6) is 0 Å². The van der Waals surface area contributed by atoms with Gasteiger partial charge in [0.15, 0.2) is 0 Å². The molecule has 140 valence electrons. The highest BCUT2D eigenvalue weighted by atomic mass is 16.2. The maximum atomic E-state index is 12.7. The number of anilines is 1. The fourth-order valence-electron chi connectivity index (χ4n) is 3.24. The molecular weight excluding hydrogens is 356 g/mol. The van der Waals surface area contributed by atoms with Crippen molar-refractivity contribution in [3.8, 4) is 0 Å². The molecule has 0 aliphatic carbocycles. The Hall–Kier alpha value is -3.74. The van der Waals surface area contributed by atoms with E-state index in [1.807, 2.05) is 25.1 Å². The van der Waals surface area contributed by atoms with Crippen molar-refractivity contribution in [3.05, 3.63) is 82.5 Å². The van der Waals surface area contributed by atoms with E-state index in [4.69, 9.17) is 0 Å². The van der Waals surface area contributed by atoms with Gasteiger partial charge in [0.25, 0.3) is 17.7 Å². The van der Waals surface area contributed by atoms with Crippen LogP contribution < -0.4 is 5.32 Å². The average molecular weight is 374 g/mol. The minimum absolute atomic E-state index is 0.244. The van der Waals surface area contributed by atoms with E-state index in [0.717, 1.165) is 16.0 Å². The van der Waals surface area contributed by atoms with Gasteiger partial charge >= 0.3 is 0 Å². The summed E-state index contributed by atoms with van der Waals surface area (Å²) >= 11 is 0. The van der Waals surface area contributed by atoms with Crippen LogP contribution in [0, 0.1) is 6.92 Å². The largest absolute Gasteiger partial charge is 0.307 e. The minimum Gasteiger partial charge on any atom is -0.307 e. The lowest BCUT2D eigenvalue weighted by Crippen LogP contribution is -2.24. The molecule has 0 saturated carbocycles. The van der Waals surface area contributed by atoms with E-state index in [9.17, 15) is 14.4 Å². The Morgan fingerprint density at radius 1 is 1.04 bits per heavy atom. The number of aryl methyl sites for hydroxylation is 1. The maximum Gasteiger partial charge on any atom is 0.261 e. The van der Waals surface area contributed by atoms with Crippen molar-refractivity contribution in [3.63, 3.8) is 0 Å². The van der Waals surface area contributed by atoms with Crippen LogP contribution in [0.1, 0.15) is 42.2 Å². The summed E-state index contributed by atoms with van der Waals surface area (Å²) in [5, 5.41) is 7.10. The summed E-state index contributed by atoms with van der Waals surface area (Å²) in [5.41, 5.74) is 3.09. The summed E-state index contributed by atoms with van der Waals surface area (Å²) in [5.74, 6) is -0.586. The van der Waals surface area contributed by atoms with E-state index >= 15 is 0 Å². The third-order valence-corrected chi connectivity index (χ3v) is 4.72. The van der Waals surface area contributed by atoms with Gasteiger partial charge in [-0.2, -0.15) is 5.10 Å². The molecule has 7 heteroatoms. The lowest BCUT2D eigenvalue weighted by molar-refractivity contribution is 0.0693. The molecule has 0 atom stereocenters. The van der Waals surface area contributed by atoms with Crippen LogP contribution in [0.2, 0.25) is 0 Å². The first-order valence-corrected chi connectivity index (χ1v) is 8.79. The molecule has 2 aromatic carbocycles. The van der Waals surface area contributed by atoms with Gasteiger partial charge < -0.3 is 5.32 Å². The summed E-state index contributed by atoms with van der Waals surface area (Å²) in [4.78, 5) is 37.8. The fraction of sp³-hybridized carbons (Fsp3) is 0.143. The van der Waals surface area contributed by atoms with Crippen LogP contribution in [-0.4, -0.2) is 39.4 Å². The Kier molecular flexibility index (Phi) is 4.27. The molecule has 1 N–H and O–H groups in total. The Balaban J connectivity index is 1.55. The van der Waals surface area contributed by atoms with E-state index in [1.54, 1.807) is 23.0 Å². The molecule has 3 amide bonds. The van der Waals surface area contributed by atoms with Gasteiger partial charge in [0.05, 0.1) is 23.9 Å². The van der Waals surface area contributed by atoms with Gasteiger partial charge in [-0.05, 0) is 30.7 Å². The predicted molar refractivity (Wildman–Crippen MR) is 103 cm³/mol. The van der Waals surface area contributed by atoms with Crippen molar-refractivity contribution >= 4 is 23.5 Å². The summed E-state index contributed by atoms with van der Waals surface area (Å²) in [6.07, 6.45) is 1.62. The summed E-state index contributed by atoms with van der Waals surface area (Å²) in [6, 6.07) is 14.3. The molecule has 7 nitrogen and oxygen atoms in total. The molecule has 0 unspecified atom stereocenters. The van der Waals surface area contributed by atoms with Crippen molar-refractivity contribution in [1.82, 2.24) is 14.7 Å². The molecule has 0 bridgehead atoms. The Morgan fingerprint density at radius 2 is 1.82 bits per heavy atom. The number of benzene rings is 2. The molecule has 0 fully saturated rings. The highest BCUT2D eigenvalue weighted by Gasteiger charge is 2.33. The number of carbonyl (C=O) groups excluding carboxylic acids is 3. The van der Waals surface area contributed by atoms with E-state index < -0.39 is 5.91 Å². The van der Waals surface area contributed by atoms with Crippen LogP contribution >= 0.6 is 0 Å². The van der Waals surface area contributed by atoms with E-state index in [0.29, 0.717) is 23.5 Å². The smallest absolute Gasteiger partial charge is 0.261 e. The number of hydrogen-bond acceptors (Lipinski definition) is 4. The molecule has 1 aliphatic rings. The number of nitrogens with one attached hydrogen (secondary N) is 1. The van der Waals surface area contributed by atoms with Crippen LogP contribution in [0.15, 0.2) is 54.7 Å². The minimum atomic E-state index is -0.404. The van der Waals surface area contributed by atoms with Gasteiger partial charge in [0.2, 0.25) is 0 Å². The molecule has 2 heterocycles. The SMILES string of the molecule is Cc1cccc(Cn2nccc2NC(=O)c2ccc3c(c2)C(=O)N(C)C3=O)c1. The topological polar surface area (TPSA) is 84.3 Å². The zero-order chi connectivity index (χ0) is 19.8. The molecule has 0 saturated heterocycles. The molecule has 28 heavy (non-hydrogen) atoms. The van der Waals surface area contributed by atoms with Crippen molar-refractivity contribution < 1.29 is 14.4 Å². The number of hydrogen-bond donors (Lipinski definition) is 1. The number of rotatable bonds is 4. The lowest BCUT2D eigenvalue weighted by Gasteiger charge is -2.10. The second-order valence-electron chi connectivity index (χ2n) is 6.75. The number of carbonyl (C=O) groups is 3. The van der Waals surface area contributed by atoms with Crippen molar-refractivity contribution in [2.75, 3.05) is 12.4 Å². The van der Waals surface area contributed by atoms with Crippen LogP contribution in [0.4, 0.5) is 5.82 Å². The van der Waals surface area contributed by atoms with Gasteiger partial charge in [-0.3, -0.25) is 19.3 Å². The normalized spacial score (nSPS) is 13.0. The van der Waals surface area contributed by atoms with Gasteiger partial charge in [-0.25, -0.2) is 4.68 Å². The fourth-order valence-corrected chi connectivity index (χ4v) is 3.24. The third kappa shape index (κ3) is 3.07. The first kappa shape index (κ1) is 17.7. The second kappa shape index (κ2) is 6.77. The molecule has 4 rings (SSSR count). The van der Waals surface area contributed by atoms with Gasteiger partial charge in [0, 0.05) is 18.7 Å². The number of fused-ring (bicyclic) bond motifs is 1. The Bertz CT molecular complexity index is 1120. The van der Waals surface area contributed by atoms with Gasteiger partial charge in [-0.15, -0.1) is 0 Å². The van der Waals surface area contributed by atoms with Crippen molar-refractivity contribution in [1.29, 1.82) is 0 Å². The molecule has 1 aliphatic heterocycles. The number of nitrogens with zero attached hydrogens (tertiary/aromatic N) is 3. The first-order valence-electron chi connectivity index (χ1n) is 8.79. The van der Waals surface area contributed by atoms with Crippen LogP contribution in [-0.2, 0) is 6.54 Å². The lowest BCUT2D eigenvalue weighted by atomic mass is 10.1. The number of aromatic nitrogens is 2. The molecular formula is C21H18N4O3.